The summed E-state index contributed by atoms with van der Waals surface area (Å²) >= 11 is 0. The highest BCUT2D eigenvalue weighted by Gasteiger charge is 2.41. The minimum absolute atomic E-state index is 0.0385. The van der Waals surface area contributed by atoms with Gasteiger partial charge in [-0.1, -0.05) is 24.3 Å². The molecule has 2 atom stereocenters. The van der Waals surface area contributed by atoms with Crippen molar-refractivity contribution in [3.8, 4) is 5.75 Å². The molecular weight excluding hydrogens is 620 g/mol. The van der Waals surface area contributed by atoms with Gasteiger partial charge >= 0.3 is 30.9 Å². The highest BCUT2D eigenvalue weighted by atomic mass is 32.2. The Labute approximate surface area is 256 Å². The van der Waals surface area contributed by atoms with Gasteiger partial charge in [0.05, 0.1) is 23.0 Å². The molecule has 4 rings (SSSR count). The normalized spacial score (nSPS) is 17.3. The van der Waals surface area contributed by atoms with E-state index in [1.165, 1.54) is 24.3 Å². The number of nitrogens with one attached hydrogen (secondary N) is 3. The zero-order valence-electron chi connectivity index (χ0n) is 23.5. The molecule has 0 bridgehead atoms. The van der Waals surface area contributed by atoms with E-state index in [9.17, 15) is 46.9 Å². The second kappa shape index (κ2) is 14.0. The Hall–Kier alpha value is -4.59. The number of aliphatic hydroxyl groups is 1. The molecule has 2 aliphatic rings. The van der Waals surface area contributed by atoms with E-state index in [1.807, 2.05) is 0 Å². The third kappa shape index (κ3) is 7.39. The number of carbonyl (C=O) groups excluding carboxylic acids is 4. The van der Waals surface area contributed by atoms with Crippen LogP contribution in [0.1, 0.15) is 27.5 Å². The van der Waals surface area contributed by atoms with Crippen LogP contribution in [0.25, 0.3) is 0 Å². The van der Waals surface area contributed by atoms with Crippen molar-refractivity contribution in [2.45, 2.75) is 23.3 Å². The molecule has 2 aliphatic heterocycles. The number of imide groups is 1. The van der Waals surface area contributed by atoms with E-state index in [-0.39, 0.29) is 54.4 Å². The smallest absolute Gasteiger partial charge is 0.534 e. The van der Waals surface area contributed by atoms with Crippen molar-refractivity contribution in [3.63, 3.8) is 0 Å². The van der Waals surface area contributed by atoms with Crippen molar-refractivity contribution in [3.05, 3.63) is 59.2 Å². The first-order valence-corrected chi connectivity index (χ1v) is 15.0. The van der Waals surface area contributed by atoms with Crippen molar-refractivity contribution < 1.29 is 56.7 Å². The van der Waals surface area contributed by atoms with E-state index in [4.69, 9.17) is 9.76 Å². The highest BCUT2D eigenvalue weighted by molar-refractivity contribution is 7.89. The van der Waals surface area contributed by atoms with Crippen LogP contribution in [-0.4, -0.2) is 116 Å². The number of fused-ring (bicyclic) bond motifs is 1. The van der Waals surface area contributed by atoms with Gasteiger partial charge in [0.15, 0.2) is 0 Å². The van der Waals surface area contributed by atoms with Gasteiger partial charge in [-0.15, -0.1) is 0 Å². The molecule has 0 aliphatic carbocycles. The fourth-order valence-corrected chi connectivity index (χ4v) is 5.79. The second-order valence-electron chi connectivity index (χ2n) is 9.94. The number of alkyl halides is 1. The minimum Gasteiger partial charge on any atom is -0.534 e. The number of rotatable bonds is 11. The Morgan fingerprint density at radius 3 is 2.44 bits per heavy atom. The number of carboxylic acids is 1. The maximum Gasteiger partial charge on any atom is 0.547 e. The molecule has 45 heavy (non-hydrogen) atoms. The van der Waals surface area contributed by atoms with E-state index >= 15 is 0 Å². The van der Waals surface area contributed by atoms with Crippen LogP contribution >= 0.6 is 0 Å². The molecule has 19 heteroatoms. The molecule has 2 aromatic carbocycles. The molecule has 240 valence electrons. The van der Waals surface area contributed by atoms with Crippen LogP contribution in [0.2, 0.25) is 0 Å². The van der Waals surface area contributed by atoms with Crippen molar-refractivity contribution >= 4 is 46.9 Å². The number of aromatic carboxylic acids is 1. The molecule has 2 heterocycles. The number of aliphatic hydroxyl groups excluding tert-OH is 1. The molecule has 0 spiro atoms. The lowest BCUT2D eigenvalue weighted by atomic mass is 9.72. The van der Waals surface area contributed by atoms with E-state index < -0.39 is 72.1 Å². The zero-order chi connectivity index (χ0) is 32.9. The summed E-state index contributed by atoms with van der Waals surface area (Å²) in [6.45, 7) is -2.37. The van der Waals surface area contributed by atoms with Gasteiger partial charge in [-0.3, -0.25) is 19.3 Å². The maximum atomic E-state index is 13.6. The van der Waals surface area contributed by atoms with Crippen LogP contribution in [0, 0.1) is 0 Å². The van der Waals surface area contributed by atoms with Crippen LogP contribution in [0.15, 0.2) is 47.4 Å². The summed E-state index contributed by atoms with van der Waals surface area (Å²) in [5, 5.41) is 33.8. The third-order valence-electron chi connectivity index (χ3n) is 7.04. The van der Waals surface area contributed by atoms with Gasteiger partial charge in [-0.2, -0.15) is 0 Å². The largest absolute Gasteiger partial charge is 0.547 e. The number of piperazine rings is 1. The molecule has 0 saturated carbocycles. The average molecular weight is 649 g/mol. The SMILES string of the molecule is O=C(O)c1cccc2c1OB(O)[C@@H](NC(=O)C(NC(=O)N1CCN(CCF)C(=O)C1=O)c1ccc(S(=O)(=O)NCCO)cc1)C2. The van der Waals surface area contributed by atoms with Gasteiger partial charge in [-0.25, -0.2) is 27.1 Å². The van der Waals surface area contributed by atoms with Crippen LogP contribution in [0.4, 0.5) is 9.18 Å². The minimum atomic E-state index is -4.03. The summed E-state index contributed by atoms with van der Waals surface area (Å²) in [6, 6.07) is 6.23. The number of para-hydroxylation sites is 1. The van der Waals surface area contributed by atoms with Crippen molar-refractivity contribution in [1.29, 1.82) is 0 Å². The number of sulfonamides is 1. The number of halogens is 1. The number of urea groups is 1. The van der Waals surface area contributed by atoms with E-state index in [1.54, 1.807) is 6.07 Å². The quantitative estimate of drug-likeness (QED) is 0.117. The summed E-state index contributed by atoms with van der Waals surface area (Å²) < 4.78 is 45.2. The lowest BCUT2D eigenvalue weighted by Crippen LogP contribution is -2.60. The first kappa shape index (κ1) is 33.3. The maximum absolute atomic E-state index is 13.6. The molecule has 2 aromatic rings. The molecular formula is C26H29BFN5O11S. The van der Waals surface area contributed by atoms with Crippen molar-refractivity contribution in [1.82, 2.24) is 25.2 Å². The molecule has 0 aromatic heterocycles. The van der Waals surface area contributed by atoms with E-state index in [2.05, 4.69) is 15.4 Å². The molecule has 0 radical (unpaired) electrons. The van der Waals surface area contributed by atoms with Gasteiger partial charge in [-0.05, 0) is 35.7 Å². The monoisotopic (exact) mass is 649 g/mol. The topological polar surface area (TPSA) is 232 Å². The fourth-order valence-electron chi connectivity index (χ4n) is 4.77. The van der Waals surface area contributed by atoms with Gasteiger partial charge in [0.2, 0.25) is 15.9 Å². The molecule has 6 N–H and O–H groups in total. The second-order valence-corrected chi connectivity index (χ2v) is 11.7. The Morgan fingerprint density at radius 1 is 1.09 bits per heavy atom. The lowest BCUT2D eigenvalue weighted by Gasteiger charge is -2.33. The number of benzene rings is 2. The van der Waals surface area contributed by atoms with Crippen LogP contribution in [-0.2, 0) is 30.8 Å². The predicted octanol–water partition coefficient (Wildman–Crippen LogP) is -1.81. The third-order valence-corrected chi connectivity index (χ3v) is 8.52. The Morgan fingerprint density at radius 2 is 1.80 bits per heavy atom. The number of carboxylic acid groups (broad SMARTS) is 1. The Kier molecular flexibility index (Phi) is 10.4. The summed E-state index contributed by atoms with van der Waals surface area (Å²) in [5.74, 6) is -5.79. The average Bonchev–Trinajstić information content (AvgIpc) is 3.01. The van der Waals surface area contributed by atoms with Crippen LogP contribution < -0.4 is 20.0 Å². The molecule has 1 saturated heterocycles. The Bertz CT molecular complexity index is 1590. The number of nitrogens with zero attached hydrogens (tertiary/aromatic N) is 2. The van der Waals surface area contributed by atoms with Crippen molar-refractivity contribution in [2.75, 3.05) is 39.5 Å². The van der Waals surface area contributed by atoms with E-state index in [0.717, 1.165) is 17.0 Å². The zero-order valence-corrected chi connectivity index (χ0v) is 24.3. The lowest BCUT2D eigenvalue weighted by molar-refractivity contribution is -0.153. The first-order valence-electron chi connectivity index (χ1n) is 13.6. The van der Waals surface area contributed by atoms with Crippen LogP contribution in [0.3, 0.4) is 0 Å². The standard InChI is InChI=1S/C26H29BFN5O11S/c28-8-10-32-11-12-33(24(37)23(32)36)26(40)31-20(15-4-6-17(7-5-15)45(42,43)29-9-13-34)22(35)30-19-14-16-2-1-3-18(25(38)39)21(16)44-27(19)41/h1-7,19-20,29,34,41H,8-14H2,(H,30,35)(H,31,40)(H,38,39)/t19-,20?/m0/s1. The summed E-state index contributed by atoms with van der Waals surface area (Å²) in [6.07, 6.45) is -0.0682. The van der Waals surface area contributed by atoms with E-state index in [0.29, 0.717) is 10.5 Å². The molecule has 16 nitrogen and oxygen atoms in total. The molecule has 1 fully saturated rings. The molecule has 5 amide bonds. The Balaban J connectivity index is 1.59. The van der Waals surface area contributed by atoms with Gasteiger partial charge in [0.1, 0.15) is 18.5 Å². The molecule has 1 unspecified atom stereocenters. The summed E-state index contributed by atoms with van der Waals surface area (Å²) in [4.78, 5) is 64.6. The number of hydrogen-bond donors (Lipinski definition) is 6. The summed E-state index contributed by atoms with van der Waals surface area (Å²) in [7, 11) is -5.73. The predicted molar refractivity (Wildman–Crippen MR) is 152 cm³/mol. The van der Waals surface area contributed by atoms with Gasteiger partial charge in [0.25, 0.3) is 0 Å². The van der Waals surface area contributed by atoms with Crippen LogP contribution in [0.5, 0.6) is 5.75 Å². The summed E-state index contributed by atoms with van der Waals surface area (Å²) in [5.41, 5.74) is 0.207. The first-order chi connectivity index (χ1) is 21.4. The number of hydrogen-bond acceptors (Lipinski definition) is 10. The van der Waals surface area contributed by atoms with Gasteiger partial charge in [0, 0.05) is 26.2 Å². The fraction of sp³-hybridized carbons (Fsp3) is 0.346. The van der Waals surface area contributed by atoms with Crippen molar-refractivity contribution in [2.24, 2.45) is 0 Å². The number of carbonyl (C=O) groups is 5. The highest BCUT2D eigenvalue weighted by Crippen LogP contribution is 2.30. The van der Waals surface area contributed by atoms with Gasteiger partial charge < -0.3 is 35.4 Å². The number of amides is 5.